The maximum Gasteiger partial charge on any atom is 0.255 e. The summed E-state index contributed by atoms with van der Waals surface area (Å²) in [6, 6.07) is 22.1. The minimum absolute atomic E-state index is 0.0437. The van der Waals surface area contributed by atoms with Gasteiger partial charge in [0.2, 0.25) is 0 Å². The molecule has 46 heavy (non-hydrogen) atoms. The summed E-state index contributed by atoms with van der Waals surface area (Å²) < 4.78 is 40.6. The molecule has 234 valence electrons. The Morgan fingerprint density at radius 3 is 2.02 bits per heavy atom. The van der Waals surface area contributed by atoms with Crippen LogP contribution in [0.25, 0.3) is 22.3 Å². The summed E-state index contributed by atoms with van der Waals surface area (Å²) in [5.41, 5.74) is 4.41. The number of ether oxygens (including phenoxy) is 2. The summed E-state index contributed by atoms with van der Waals surface area (Å²) in [7, 11) is 0. The van der Waals surface area contributed by atoms with Crippen LogP contribution in [0.15, 0.2) is 94.1 Å². The summed E-state index contributed by atoms with van der Waals surface area (Å²) >= 11 is 0. The normalized spacial score (nSPS) is 18.9. The van der Waals surface area contributed by atoms with Crippen molar-refractivity contribution < 1.29 is 23.0 Å². The molecule has 2 atom stereocenters. The van der Waals surface area contributed by atoms with Gasteiger partial charge in [-0.15, -0.1) is 5.11 Å². The third kappa shape index (κ3) is 6.51. The summed E-state index contributed by atoms with van der Waals surface area (Å²) in [6.07, 6.45) is 1.70. The largest absolute Gasteiger partial charge is 0.488 e. The molecule has 3 aliphatic rings. The van der Waals surface area contributed by atoms with Gasteiger partial charge in [-0.2, -0.15) is 5.11 Å². The first-order valence-electron chi connectivity index (χ1n) is 15.3. The molecule has 0 spiro atoms. The number of hydrogen-bond acceptors (Lipinski definition) is 8. The van der Waals surface area contributed by atoms with Crippen LogP contribution in [-0.2, 0) is 0 Å². The summed E-state index contributed by atoms with van der Waals surface area (Å²) in [5, 5.41) is 17.6. The maximum atomic E-state index is 14.3. The van der Waals surface area contributed by atoms with Crippen LogP contribution < -0.4 is 25.4 Å². The third-order valence-electron chi connectivity index (χ3n) is 8.23. The number of carbonyl (C=O) groups is 1. The van der Waals surface area contributed by atoms with Crippen LogP contribution in [0.2, 0.25) is 0 Å². The van der Waals surface area contributed by atoms with Gasteiger partial charge in [0.05, 0.1) is 0 Å². The van der Waals surface area contributed by atoms with Crippen LogP contribution in [-0.4, -0.2) is 56.8 Å². The number of hydrogen-bond donors (Lipinski definition) is 3. The molecule has 0 radical (unpaired) electrons. The lowest BCUT2D eigenvalue weighted by atomic mass is 10.0. The highest BCUT2D eigenvalue weighted by atomic mass is 19.2. The van der Waals surface area contributed by atoms with Crippen molar-refractivity contribution in [3.05, 3.63) is 102 Å². The van der Waals surface area contributed by atoms with Crippen molar-refractivity contribution in [1.82, 2.24) is 10.6 Å². The van der Waals surface area contributed by atoms with Gasteiger partial charge < -0.3 is 25.4 Å². The predicted molar refractivity (Wildman–Crippen MR) is 172 cm³/mol. The molecule has 0 aliphatic carbocycles. The van der Waals surface area contributed by atoms with Crippen molar-refractivity contribution in [1.29, 1.82) is 0 Å². The van der Waals surface area contributed by atoms with E-state index in [-0.39, 0.29) is 18.1 Å². The summed E-state index contributed by atoms with van der Waals surface area (Å²) in [5.74, 6) is -0.480. The van der Waals surface area contributed by atoms with Crippen LogP contribution in [0.3, 0.4) is 0 Å². The van der Waals surface area contributed by atoms with E-state index in [9.17, 15) is 13.6 Å². The Morgan fingerprint density at radius 2 is 1.39 bits per heavy atom. The molecule has 2 saturated heterocycles. The fourth-order valence-corrected chi connectivity index (χ4v) is 5.80. The van der Waals surface area contributed by atoms with Gasteiger partial charge >= 0.3 is 0 Å². The first kappa shape index (κ1) is 29.7. The first-order valence-corrected chi connectivity index (χ1v) is 15.3. The molecule has 7 rings (SSSR count). The van der Waals surface area contributed by atoms with Crippen LogP contribution in [0.5, 0.6) is 11.5 Å². The SMILES string of the molecule is O=C(Nc1ccc(O[C@H]2CCNC2)c(-c2ccc(C3=NCN=N3)cc2)c1)c1ccc(O[C@H]2CCNC2)c(-c2ccc(F)c(F)c2)c1. The minimum Gasteiger partial charge on any atom is -0.488 e. The standard InChI is InChI=1S/C35H32F2N6O3/c36-30-8-5-23(16-31(30)37)28-15-24(6-9-32(28)45-26-11-13-38-18-26)35(44)42-25-7-10-33(46-27-12-14-39-19-27)29(17-25)21-1-3-22(4-2-21)34-40-20-41-43-34/h1-10,15-17,26-27,38-39H,11-14,18-20H2,(H,42,44)/t26-,27-/m0/s1. The van der Waals surface area contributed by atoms with E-state index in [1.54, 1.807) is 18.2 Å². The molecule has 0 saturated carbocycles. The molecule has 9 nitrogen and oxygen atoms in total. The number of nitrogens with one attached hydrogen (secondary N) is 3. The number of carbonyl (C=O) groups excluding carboxylic acids is 1. The number of anilines is 1. The Labute approximate surface area is 264 Å². The number of benzene rings is 4. The monoisotopic (exact) mass is 622 g/mol. The fourth-order valence-electron chi connectivity index (χ4n) is 5.80. The molecule has 3 heterocycles. The quantitative estimate of drug-likeness (QED) is 0.206. The van der Waals surface area contributed by atoms with E-state index >= 15 is 0 Å². The van der Waals surface area contributed by atoms with Crippen molar-refractivity contribution in [3.8, 4) is 33.8 Å². The number of azo groups is 1. The van der Waals surface area contributed by atoms with E-state index < -0.39 is 11.6 Å². The molecule has 0 aromatic heterocycles. The zero-order valence-corrected chi connectivity index (χ0v) is 24.9. The second-order valence-corrected chi connectivity index (χ2v) is 11.4. The number of halogens is 2. The number of amidine groups is 1. The van der Waals surface area contributed by atoms with Crippen LogP contribution in [0.1, 0.15) is 28.8 Å². The highest BCUT2D eigenvalue weighted by Crippen LogP contribution is 2.36. The van der Waals surface area contributed by atoms with Crippen molar-refractivity contribution >= 4 is 17.4 Å². The molecule has 11 heteroatoms. The lowest BCUT2D eigenvalue weighted by Gasteiger charge is -2.19. The Hall–Kier alpha value is -5.00. The molecule has 3 aliphatic heterocycles. The Kier molecular flexibility index (Phi) is 8.49. The number of rotatable bonds is 9. The Morgan fingerprint density at radius 1 is 0.739 bits per heavy atom. The van der Waals surface area contributed by atoms with Gasteiger partial charge in [-0.1, -0.05) is 30.3 Å². The van der Waals surface area contributed by atoms with E-state index in [0.29, 0.717) is 52.9 Å². The Balaban J connectivity index is 1.18. The summed E-state index contributed by atoms with van der Waals surface area (Å²) in [4.78, 5) is 17.9. The highest BCUT2D eigenvalue weighted by Gasteiger charge is 2.22. The average molecular weight is 623 g/mol. The van der Waals surface area contributed by atoms with Crippen molar-refractivity contribution in [3.63, 3.8) is 0 Å². The molecule has 4 aromatic carbocycles. The molecule has 2 fully saturated rings. The van der Waals surface area contributed by atoms with E-state index in [2.05, 4.69) is 31.2 Å². The van der Waals surface area contributed by atoms with Gasteiger partial charge in [0, 0.05) is 41.0 Å². The van der Waals surface area contributed by atoms with Gasteiger partial charge in [-0.05, 0) is 85.6 Å². The minimum atomic E-state index is -0.974. The van der Waals surface area contributed by atoms with E-state index in [1.807, 2.05) is 42.5 Å². The van der Waals surface area contributed by atoms with Gasteiger partial charge in [0.1, 0.15) is 23.7 Å². The lowest BCUT2D eigenvalue weighted by Crippen LogP contribution is -2.20. The first-order chi connectivity index (χ1) is 22.5. The zero-order valence-electron chi connectivity index (χ0n) is 24.9. The predicted octanol–water partition coefficient (Wildman–Crippen LogP) is 6.20. The molecular formula is C35H32F2N6O3. The number of aliphatic imine (C=N–C) groups is 1. The summed E-state index contributed by atoms with van der Waals surface area (Å²) in [6.45, 7) is 3.51. The van der Waals surface area contributed by atoms with Gasteiger partial charge in [0.25, 0.3) is 5.91 Å². The van der Waals surface area contributed by atoms with Crippen LogP contribution >= 0.6 is 0 Å². The van der Waals surface area contributed by atoms with Crippen molar-refractivity contribution in [2.24, 2.45) is 15.2 Å². The molecule has 0 unspecified atom stereocenters. The molecular weight excluding hydrogens is 590 g/mol. The van der Waals surface area contributed by atoms with E-state index in [0.717, 1.165) is 61.3 Å². The zero-order chi connectivity index (χ0) is 31.5. The average Bonchev–Trinajstić information content (AvgIpc) is 3.89. The van der Waals surface area contributed by atoms with Gasteiger partial charge in [-0.3, -0.25) is 4.79 Å². The molecule has 1 amide bonds. The van der Waals surface area contributed by atoms with E-state index in [4.69, 9.17) is 9.47 Å². The highest BCUT2D eigenvalue weighted by molar-refractivity contribution is 6.06. The van der Waals surface area contributed by atoms with Crippen LogP contribution in [0.4, 0.5) is 14.5 Å². The fraction of sp³-hybridized carbons (Fsp3) is 0.257. The van der Waals surface area contributed by atoms with Crippen LogP contribution in [0, 0.1) is 11.6 Å². The second kappa shape index (κ2) is 13.2. The van der Waals surface area contributed by atoms with Crippen molar-refractivity contribution in [2.75, 3.05) is 38.2 Å². The van der Waals surface area contributed by atoms with Gasteiger partial charge in [0.15, 0.2) is 24.1 Å². The lowest BCUT2D eigenvalue weighted by molar-refractivity contribution is 0.102. The smallest absolute Gasteiger partial charge is 0.255 e. The topological polar surface area (TPSA) is 109 Å². The third-order valence-corrected chi connectivity index (χ3v) is 8.23. The molecule has 3 N–H and O–H groups in total. The molecule has 4 aromatic rings. The van der Waals surface area contributed by atoms with Gasteiger partial charge in [-0.25, -0.2) is 13.8 Å². The number of nitrogens with zero attached hydrogens (tertiary/aromatic N) is 3. The second-order valence-electron chi connectivity index (χ2n) is 11.4. The number of amides is 1. The van der Waals surface area contributed by atoms with Crippen molar-refractivity contribution in [2.45, 2.75) is 25.0 Å². The Bertz CT molecular complexity index is 1820. The van der Waals surface area contributed by atoms with E-state index in [1.165, 1.54) is 6.07 Å². The maximum absolute atomic E-state index is 14.3. The molecule has 0 bridgehead atoms.